The van der Waals surface area contributed by atoms with Crippen molar-refractivity contribution in [3.8, 4) is 0 Å². The van der Waals surface area contributed by atoms with Gasteiger partial charge in [-0.25, -0.2) is 8.78 Å². The van der Waals surface area contributed by atoms with Crippen molar-refractivity contribution in [1.29, 1.82) is 0 Å². The van der Waals surface area contributed by atoms with Crippen LogP contribution in [-0.2, 0) is 6.18 Å². The first-order valence-electron chi connectivity index (χ1n) is 6.31. The van der Waals surface area contributed by atoms with Crippen LogP contribution in [0.25, 0.3) is 0 Å². The van der Waals surface area contributed by atoms with Gasteiger partial charge in [-0.1, -0.05) is 6.07 Å². The van der Waals surface area contributed by atoms with Gasteiger partial charge in [0.15, 0.2) is 0 Å². The summed E-state index contributed by atoms with van der Waals surface area (Å²) in [5.41, 5.74) is -1.69. The molecular formula is C13H15F5N2. The molecule has 7 heteroatoms. The van der Waals surface area contributed by atoms with E-state index in [4.69, 9.17) is 0 Å². The predicted molar refractivity (Wildman–Crippen MR) is 64.6 cm³/mol. The second kappa shape index (κ2) is 6.05. The molecule has 1 aliphatic rings. The summed E-state index contributed by atoms with van der Waals surface area (Å²) in [5, 5.41) is 3.02. The van der Waals surface area contributed by atoms with Crippen molar-refractivity contribution in [3.63, 3.8) is 0 Å². The van der Waals surface area contributed by atoms with E-state index in [1.807, 2.05) is 0 Å². The molecule has 0 radical (unpaired) electrons. The Labute approximate surface area is 113 Å². The first-order chi connectivity index (χ1) is 9.45. The number of hydrogen-bond donors (Lipinski definition) is 1. The first-order valence-corrected chi connectivity index (χ1v) is 6.31. The molecule has 1 N–H and O–H groups in total. The van der Waals surface area contributed by atoms with Crippen LogP contribution in [0, 0.1) is 5.82 Å². The molecule has 20 heavy (non-hydrogen) atoms. The van der Waals surface area contributed by atoms with Crippen LogP contribution in [0.5, 0.6) is 0 Å². The van der Waals surface area contributed by atoms with Gasteiger partial charge in [0.05, 0.1) is 11.6 Å². The molecule has 0 amide bonds. The Hall–Kier alpha value is -1.21. The Balaban J connectivity index is 2.42. The van der Waals surface area contributed by atoms with Crippen LogP contribution in [0.1, 0.15) is 17.2 Å². The quantitative estimate of drug-likeness (QED) is 0.862. The molecule has 1 atom stereocenters. The zero-order valence-electron chi connectivity index (χ0n) is 10.7. The number of halogens is 5. The fourth-order valence-electron chi connectivity index (χ4n) is 2.47. The average molecular weight is 294 g/mol. The fourth-order valence-corrected chi connectivity index (χ4v) is 2.47. The number of piperazine rings is 1. The second-order valence-corrected chi connectivity index (χ2v) is 4.65. The first kappa shape index (κ1) is 15.2. The maximum absolute atomic E-state index is 13.9. The van der Waals surface area contributed by atoms with E-state index < -0.39 is 35.8 Å². The lowest BCUT2D eigenvalue weighted by Gasteiger charge is -2.34. The number of nitrogens with zero attached hydrogens (tertiary/aromatic N) is 1. The van der Waals surface area contributed by atoms with Crippen molar-refractivity contribution in [2.75, 3.05) is 32.9 Å². The van der Waals surface area contributed by atoms with Crippen molar-refractivity contribution in [2.45, 2.75) is 12.2 Å². The summed E-state index contributed by atoms with van der Waals surface area (Å²) in [7, 11) is 0. The second-order valence-electron chi connectivity index (χ2n) is 4.65. The Morgan fingerprint density at radius 2 is 1.85 bits per heavy atom. The van der Waals surface area contributed by atoms with Crippen molar-refractivity contribution in [3.05, 3.63) is 35.1 Å². The van der Waals surface area contributed by atoms with Gasteiger partial charge in [-0.3, -0.25) is 4.90 Å². The van der Waals surface area contributed by atoms with Crippen LogP contribution in [-0.4, -0.2) is 37.8 Å². The topological polar surface area (TPSA) is 15.3 Å². The minimum absolute atomic E-state index is 0.389. The molecule has 0 bridgehead atoms. The Morgan fingerprint density at radius 3 is 2.40 bits per heavy atom. The lowest BCUT2D eigenvalue weighted by molar-refractivity contribution is -0.139. The molecule has 0 aliphatic carbocycles. The lowest BCUT2D eigenvalue weighted by atomic mass is 9.98. The predicted octanol–water partition coefficient (Wildman–Crippen LogP) is 2.76. The molecule has 0 aromatic heterocycles. The lowest BCUT2D eigenvalue weighted by Crippen LogP contribution is -2.46. The number of rotatable bonds is 3. The molecule has 1 heterocycles. The van der Waals surface area contributed by atoms with Crippen molar-refractivity contribution in [2.24, 2.45) is 0 Å². The Morgan fingerprint density at radius 1 is 1.20 bits per heavy atom. The third-order valence-electron chi connectivity index (χ3n) is 3.43. The van der Waals surface area contributed by atoms with Crippen LogP contribution >= 0.6 is 0 Å². The highest BCUT2D eigenvalue weighted by molar-refractivity contribution is 5.34. The molecule has 2 nitrogen and oxygen atoms in total. The highest BCUT2D eigenvalue weighted by Gasteiger charge is 2.38. The van der Waals surface area contributed by atoms with Gasteiger partial charge >= 0.3 is 6.18 Å². The minimum atomic E-state index is -4.70. The summed E-state index contributed by atoms with van der Waals surface area (Å²) in [4.78, 5) is 1.55. The summed E-state index contributed by atoms with van der Waals surface area (Å²) in [6, 6.07) is 1.53. The minimum Gasteiger partial charge on any atom is -0.314 e. The Kier molecular flexibility index (Phi) is 4.59. The third-order valence-corrected chi connectivity index (χ3v) is 3.43. The maximum Gasteiger partial charge on any atom is 0.416 e. The van der Waals surface area contributed by atoms with E-state index in [9.17, 15) is 22.0 Å². The van der Waals surface area contributed by atoms with Gasteiger partial charge in [0, 0.05) is 31.7 Å². The fraction of sp³-hybridized carbons (Fsp3) is 0.538. The Bertz CT molecular complexity index is 455. The largest absolute Gasteiger partial charge is 0.416 e. The number of benzene rings is 1. The highest BCUT2D eigenvalue weighted by atomic mass is 19.4. The molecule has 1 saturated heterocycles. The van der Waals surface area contributed by atoms with E-state index in [-0.39, 0.29) is 0 Å². The molecule has 1 aromatic rings. The molecule has 112 valence electrons. The van der Waals surface area contributed by atoms with Crippen LogP contribution < -0.4 is 5.32 Å². The normalized spacial score (nSPS) is 19.1. The average Bonchev–Trinajstić information content (AvgIpc) is 2.41. The SMILES string of the molecule is FC[C@H](c1c(F)cccc1C(F)(F)F)N1CCNCC1. The van der Waals surface area contributed by atoms with Crippen molar-refractivity contribution >= 4 is 0 Å². The summed E-state index contributed by atoms with van der Waals surface area (Å²) < 4.78 is 66.1. The molecule has 0 spiro atoms. The smallest absolute Gasteiger partial charge is 0.314 e. The van der Waals surface area contributed by atoms with Gasteiger partial charge in [-0.15, -0.1) is 0 Å². The van der Waals surface area contributed by atoms with E-state index in [1.165, 1.54) is 0 Å². The van der Waals surface area contributed by atoms with Gasteiger partial charge < -0.3 is 5.32 Å². The molecule has 0 unspecified atom stereocenters. The van der Waals surface area contributed by atoms with Gasteiger partial charge in [-0.2, -0.15) is 13.2 Å². The number of hydrogen-bond acceptors (Lipinski definition) is 2. The maximum atomic E-state index is 13.9. The standard InChI is InChI=1S/C13H15F5N2/c14-8-11(20-6-4-19-5-7-20)12-9(13(16,17)18)2-1-3-10(12)15/h1-3,11,19H,4-8H2/t11-/m1/s1. The van der Waals surface area contributed by atoms with Crippen LogP contribution in [0.4, 0.5) is 22.0 Å². The monoisotopic (exact) mass is 294 g/mol. The third kappa shape index (κ3) is 3.09. The van der Waals surface area contributed by atoms with Crippen molar-refractivity contribution < 1.29 is 22.0 Å². The van der Waals surface area contributed by atoms with Gasteiger partial charge in [0.2, 0.25) is 0 Å². The summed E-state index contributed by atoms with van der Waals surface area (Å²) >= 11 is 0. The summed E-state index contributed by atoms with van der Waals surface area (Å²) in [6.45, 7) is 0.822. The molecule has 0 saturated carbocycles. The molecule has 1 aliphatic heterocycles. The van der Waals surface area contributed by atoms with Crippen LogP contribution in [0.3, 0.4) is 0 Å². The van der Waals surface area contributed by atoms with E-state index in [0.717, 1.165) is 18.2 Å². The van der Waals surface area contributed by atoms with Crippen molar-refractivity contribution in [1.82, 2.24) is 10.2 Å². The molecule has 2 rings (SSSR count). The van der Waals surface area contributed by atoms with E-state index in [2.05, 4.69) is 5.32 Å². The summed E-state index contributed by atoms with van der Waals surface area (Å²) in [5.74, 6) is -1.01. The van der Waals surface area contributed by atoms with Gasteiger partial charge in [-0.05, 0) is 12.1 Å². The molecule has 1 fully saturated rings. The zero-order chi connectivity index (χ0) is 14.8. The number of nitrogens with one attached hydrogen (secondary N) is 1. The van der Waals surface area contributed by atoms with Crippen LogP contribution in [0.2, 0.25) is 0 Å². The molecule has 1 aromatic carbocycles. The zero-order valence-corrected chi connectivity index (χ0v) is 10.7. The van der Waals surface area contributed by atoms with Crippen LogP contribution in [0.15, 0.2) is 18.2 Å². The summed E-state index contributed by atoms with van der Waals surface area (Å²) in [6.07, 6.45) is -4.70. The van der Waals surface area contributed by atoms with E-state index in [0.29, 0.717) is 26.2 Å². The van der Waals surface area contributed by atoms with E-state index >= 15 is 0 Å². The van der Waals surface area contributed by atoms with E-state index in [1.54, 1.807) is 4.90 Å². The van der Waals surface area contributed by atoms with Gasteiger partial charge in [0.1, 0.15) is 12.5 Å². The van der Waals surface area contributed by atoms with Gasteiger partial charge in [0.25, 0.3) is 0 Å². The highest BCUT2D eigenvalue weighted by Crippen LogP contribution is 2.37. The molecular weight excluding hydrogens is 279 g/mol. The number of alkyl halides is 4.